The van der Waals surface area contributed by atoms with E-state index in [-0.39, 0.29) is 6.10 Å². The Balaban J connectivity index is 1.68. The summed E-state index contributed by atoms with van der Waals surface area (Å²) < 4.78 is 3.77. The summed E-state index contributed by atoms with van der Waals surface area (Å²) in [4.78, 5) is 0. The van der Waals surface area contributed by atoms with Crippen molar-refractivity contribution in [3.05, 3.63) is 42.5 Å². The van der Waals surface area contributed by atoms with Crippen LogP contribution in [-0.4, -0.2) is 30.6 Å². The molecule has 5 heteroatoms. The Morgan fingerprint density at radius 3 is 2.55 bits per heavy atom. The highest BCUT2D eigenvalue weighted by Crippen LogP contribution is 2.35. The summed E-state index contributed by atoms with van der Waals surface area (Å²) in [5.41, 5.74) is 4.70. The Kier molecular flexibility index (Phi) is 3.22. The SMILES string of the molecule is Cn1cc(-c2ccc3c(C4CCC(O)CC4)cnn3c2)cn1. The van der Waals surface area contributed by atoms with Gasteiger partial charge in [0.05, 0.1) is 24.0 Å². The topological polar surface area (TPSA) is 55.3 Å². The van der Waals surface area contributed by atoms with E-state index in [9.17, 15) is 5.11 Å². The molecule has 1 saturated carbocycles. The van der Waals surface area contributed by atoms with Crippen molar-refractivity contribution >= 4 is 5.52 Å². The molecule has 0 radical (unpaired) electrons. The van der Waals surface area contributed by atoms with Gasteiger partial charge in [0.15, 0.2) is 0 Å². The average Bonchev–Trinajstić information content (AvgIpc) is 3.14. The Hall–Kier alpha value is -2.14. The van der Waals surface area contributed by atoms with Crippen LogP contribution >= 0.6 is 0 Å². The molecule has 3 heterocycles. The van der Waals surface area contributed by atoms with Gasteiger partial charge in [0.1, 0.15) is 0 Å². The molecule has 114 valence electrons. The van der Waals surface area contributed by atoms with E-state index in [2.05, 4.69) is 28.5 Å². The fraction of sp³-hybridized carbons (Fsp3) is 0.412. The van der Waals surface area contributed by atoms with Gasteiger partial charge < -0.3 is 5.11 Å². The largest absolute Gasteiger partial charge is 0.393 e. The number of aromatic nitrogens is 4. The van der Waals surface area contributed by atoms with E-state index in [0.29, 0.717) is 5.92 Å². The molecule has 0 amide bonds. The van der Waals surface area contributed by atoms with Crippen molar-refractivity contribution in [2.24, 2.45) is 7.05 Å². The number of fused-ring (bicyclic) bond motifs is 1. The van der Waals surface area contributed by atoms with Gasteiger partial charge in [0.25, 0.3) is 0 Å². The van der Waals surface area contributed by atoms with Crippen molar-refractivity contribution in [1.29, 1.82) is 0 Å². The molecule has 1 fully saturated rings. The summed E-state index contributed by atoms with van der Waals surface area (Å²) in [6, 6.07) is 4.28. The summed E-state index contributed by atoms with van der Waals surface area (Å²) in [6.45, 7) is 0. The molecule has 0 spiro atoms. The lowest BCUT2D eigenvalue weighted by Crippen LogP contribution is -2.16. The van der Waals surface area contributed by atoms with E-state index in [1.54, 1.807) is 4.68 Å². The third kappa shape index (κ3) is 2.31. The number of aliphatic hydroxyl groups is 1. The first-order valence-electron chi connectivity index (χ1n) is 7.85. The molecule has 0 unspecified atom stereocenters. The minimum absolute atomic E-state index is 0.115. The molecule has 0 aliphatic heterocycles. The smallest absolute Gasteiger partial charge is 0.0696 e. The third-order valence-electron chi connectivity index (χ3n) is 4.72. The minimum atomic E-state index is -0.115. The van der Waals surface area contributed by atoms with Gasteiger partial charge >= 0.3 is 0 Å². The van der Waals surface area contributed by atoms with Gasteiger partial charge in [0, 0.05) is 36.1 Å². The van der Waals surface area contributed by atoms with Gasteiger partial charge in [-0.05, 0) is 37.7 Å². The molecule has 1 aliphatic carbocycles. The fourth-order valence-electron chi connectivity index (χ4n) is 3.45. The van der Waals surface area contributed by atoms with Crippen LogP contribution in [0.2, 0.25) is 0 Å². The highest BCUT2D eigenvalue weighted by atomic mass is 16.3. The zero-order valence-electron chi connectivity index (χ0n) is 12.7. The van der Waals surface area contributed by atoms with E-state index >= 15 is 0 Å². The summed E-state index contributed by atoms with van der Waals surface area (Å²) in [6.07, 6.45) is 11.7. The Bertz CT molecular complexity index is 796. The van der Waals surface area contributed by atoms with E-state index in [1.807, 2.05) is 30.2 Å². The molecule has 1 aliphatic rings. The lowest BCUT2D eigenvalue weighted by Gasteiger charge is -2.24. The van der Waals surface area contributed by atoms with Crippen LogP contribution in [0.1, 0.15) is 37.2 Å². The van der Waals surface area contributed by atoms with Crippen molar-refractivity contribution in [2.45, 2.75) is 37.7 Å². The number of rotatable bonds is 2. The second-order valence-electron chi connectivity index (χ2n) is 6.26. The van der Waals surface area contributed by atoms with Gasteiger partial charge in [0.2, 0.25) is 0 Å². The lowest BCUT2D eigenvalue weighted by atomic mass is 9.83. The van der Waals surface area contributed by atoms with Crippen molar-refractivity contribution in [2.75, 3.05) is 0 Å². The Morgan fingerprint density at radius 1 is 1.00 bits per heavy atom. The zero-order chi connectivity index (χ0) is 15.1. The van der Waals surface area contributed by atoms with Crippen molar-refractivity contribution < 1.29 is 5.11 Å². The van der Waals surface area contributed by atoms with Gasteiger partial charge in [-0.1, -0.05) is 6.07 Å². The van der Waals surface area contributed by atoms with Crippen LogP contribution in [0.4, 0.5) is 0 Å². The maximum atomic E-state index is 9.67. The first-order chi connectivity index (χ1) is 10.7. The number of hydrogen-bond acceptors (Lipinski definition) is 3. The van der Waals surface area contributed by atoms with Crippen molar-refractivity contribution in [3.8, 4) is 11.1 Å². The molecule has 4 rings (SSSR count). The van der Waals surface area contributed by atoms with Crippen LogP contribution in [0, 0.1) is 0 Å². The molecule has 0 saturated heterocycles. The summed E-state index contributed by atoms with van der Waals surface area (Å²) in [5, 5.41) is 18.4. The number of aryl methyl sites for hydroxylation is 1. The van der Waals surface area contributed by atoms with Crippen LogP contribution < -0.4 is 0 Å². The molecular weight excluding hydrogens is 276 g/mol. The molecular formula is C17H20N4O. The molecule has 0 atom stereocenters. The predicted octanol–water partition coefficient (Wildman–Crippen LogP) is 2.75. The minimum Gasteiger partial charge on any atom is -0.393 e. The van der Waals surface area contributed by atoms with Crippen molar-refractivity contribution in [3.63, 3.8) is 0 Å². The maximum absolute atomic E-state index is 9.67. The maximum Gasteiger partial charge on any atom is 0.0696 e. The van der Waals surface area contributed by atoms with Gasteiger partial charge in [-0.15, -0.1) is 0 Å². The van der Waals surface area contributed by atoms with Gasteiger partial charge in [-0.3, -0.25) is 4.68 Å². The Morgan fingerprint density at radius 2 is 1.82 bits per heavy atom. The summed E-state index contributed by atoms with van der Waals surface area (Å²) in [7, 11) is 1.92. The molecule has 0 aromatic carbocycles. The highest BCUT2D eigenvalue weighted by Gasteiger charge is 2.23. The van der Waals surface area contributed by atoms with Gasteiger partial charge in [-0.2, -0.15) is 10.2 Å². The van der Waals surface area contributed by atoms with Crippen molar-refractivity contribution in [1.82, 2.24) is 19.4 Å². The summed E-state index contributed by atoms with van der Waals surface area (Å²) in [5.74, 6) is 0.519. The number of hydrogen-bond donors (Lipinski definition) is 1. The second kappa shape index (κ2) is 5.25. The highest BCUT2D eigenvalue weighted by molar-refractivity contribution is 5.66. The number of pyridine rings is 1. The molecule has 5 nitrogen and oxygen atoms in total. The molecule has 1 N–H and O–H groups in total. The second-order valence-corrected chi connectivity index (χ2v) is 6.26. The lowest BCUT2D eigenvalue weighted by molar-refractivity contribution is 0.122. The molecule has 22 heavy (non-hydrogen) atoms. The molecule has 3 aromatic heterocycles. The molecule has 0 bridgehead atoms. The number of aliphatic hydroxyl groups excluding tert-OH is 1. The first kappa shape index (κ1) is 13.5. The van der Waals surface area contributed by atoms with E-state index in [0.717, 1.165) is 36.8 Å². The van der Waals surface area contributed by atoms with Crippen LogP contribution in [0.25, 0.3) is 16.6 Å². The van der Waals surface area contributed by atoms with Crippen LogP contribution in [0.3, 0.4) is 0 Å². The first-order valence-corrected chi connectivity index (χ1v) is 7.85. The standard InChI is InChI=1S/C17H20N4O/c1-20-10-14(8-18-20)13-4-7-17-16(9-19-21(17)11-13)12-2-5-15(22)6-3-12/h4,7-12,15,22H,2-3,5-6H2,1H3. The van der Waals surface area contributed by atoms with E-state index < -0.39 is 0 Å². The van der Waals surface area contributed by atoms with Crippen LogP contribution in [0.5, 0.6) is 0 Å². The Labute approximate surface area is 129 Å². The zero-order valence-corrected chi connectivity index (χ0v) is 12.7. The average molecular weight is 296 g/mol. The molecule has 3 aromatic rings. The fourth-order valence-corrected chi connectivity index (χ4v) is 3.45. The quantitative estimate of drug-likeness (QED) is 0.791. The predicted molar refractivity (Wildman–Crippen MR) is 84.6 cm³/mol. The third-order valence-corrected chi connectivity index (χ3v) is 4.72. The van der Waals surface area contributed by atoms with E-state index in [1.165, 1.54) is 11.1 Å². The van der Waals surface area contributed by atoms with Crippen LogP contribution in [0.15, 0.2) is 36.9 Å². The summed E-state index contributed by atoms with van der Waals surface area (Å²) >= 11 is 0. The van der Waals surface area contributed by atoms with Crippen LogP contribution in [-0.2, 0) is 7.05 Å². The monoisotopic (exact) mass is 296 g/mol. The normalized spacial score (nSPS) is 22.3. The number of nitrogens with zero attached hydrogens (tertiary/aromatic N) is 4. The van der Waals surface area contributed by atoms with Gasteiger partial charge in [-0.25, -0.2) is 4.52 Å². The van der Waals surface area contributed by atoms with E-state index in [4.69, 9.17) is 0 Å².